The molecule has 0 atom stereocenters. The van der Waals surface area contributed by atoms with Gasteiger partial charge in [0.1, 0.15) is 5.82 Å². The molecule has 0 spiro atoms. The van der Waals surface area contributed by atoms with E-state index in [0.29, 0.717) is 0 Å². The molecule has 0 radical (unpaired) electrons. The van der Waals surface area contributed by atoms with Gasteiger partial charge in [0.15, 0.2) is 0 Å². The summed E-state index contributed by atoms with van der Waals surface area (Å²) in [5.74, 6) is -2.28. The monoisotopic (exact) mass is 279 g/mol. The molecule has 98 valence electrons. The number of carboxylic acids is 1. The summed E-state index contributed by atoms with van der Waals surface area (Å²) in [5, 5.41) is 13.3. The molecule has 0 saturated heterocycles. The van der Waals surface area contributed by atoms with E-state index in [2.05, 4.69) is 5.32 Å². The van der Waals surface area contributed by atoms with Crippen LogP contribution in [0.2, 0.25) is 0 Å². The smallest absolute Gasteiger partial charge is 0.337 e. The molecular weight excluding hydrogens is 269 g/mol. The third kappa shape index (κ3) is 3.38. The molecule has 0 fully saturated rings. The molecule has 1 heterocycles. The van der Waals surface area contributed by atoms with E-state index >= 15 is 0 Å². The van der Waals surface area contributed by atoms with E-state index in [9.17, 15) is 14.0 Å². The van der Waals surface area contributed by atoms with Crippen LogP contribution in [0.1, 0.15) is 15.2 Å². The number of rotatable bonds is 4. The maximum Gasteiger partial charge on any atom is 0.337 e. The van der Waals surface area contributed by atoms with Crippen LogP contribution < -0.4 is 5.32 Å². The molecule has 6 heteroatoms. The van der Waals surface area contributed by atoms with Gasteiger partial charge in [-0.25, -0.2) is 9.18 Å². The van der Waals surface area contributed by atoms with Crippen molar-refractivity contribution in [1.29, 1.82) is 0 Å². The first-order valence-electron chi connectivity index (χ1n) is 5.41. The number of carbonyl (C=O) groups excluding carboxylic acids is 1. The quantitative estimate of drug-likeness (QED) is 0.904. The molecular formula is C13H10FNO3S. The van der Waals surface area contributed by atoms with E-state index < -0.39 is 11.8 Å². The molecule has 2 rings (SSSR count). The Balaban J connectivity index is 2.14. The topological polar surface area (TPSA) is 66.4 Å². The summed E-state index contributed by atoms with van der Waals surface area (Å²) >= 11 is 1.44. The van der Waals surface area contributed by atoms with Crippen molar-refractivity contribution < 1.29 is 19.1 Å². The lowest BCUT2D eigenvalue weighted by Gasteiger charge is -2.08. The SMILES string of the molecule is O=C(Cc1cccs1)Nc1ccc(F)cc1C(=O)O. The molecule has 0 bridgehead atoms. The fourth-order valence-electron chi connectivity index (χ4n) is 1.57. The fourth-order valence-corrected chi connectivity index (χ4v) is 2.27. The number of hydrogen-bond acceptors (Lipinski definition) is 3. The number of carboxylic acid groups (broad SMARTS) is 1. The highest BCUT2D eigenvalue weighted by atomic mass is 32.1. The van der Waals surface area contributed by atoms with Gasteiger partial charge in [-0.1, -0.05) is 6.07 Å². The zero-order chi connectivity index (χ0) is 13.8. The first-order chi connectivity index (χ1) is 9.06. The van der Waals surface area contributed by atoms with E-state index in [1.165, 1.54) is 17.4 Å². The zero-order valence-corrected chi connectivity index (χ0v) is 10.5. The van der Waals surface area contributed by atoms with Gasteiger partial charge in [-0.05, 0) is 29.6 Å². The van der Waals surface area contributed by atoms with Crippen molar-refractivity contribution in [2.75, 3.05) is 5.32 Å². The molecule has 2 N–H and O–H groups in total. The largest absolute Gasteiger partial charge is 0.478 e. The number of thiophene rings is 1. The Morgan fingerprint density at radius 2 is 2.11 bits per heavy atom. The Labute approximate surface area is 112 Å². The highest BCUT2D eigenvalue weighted by Gasteiger charge is 2.14. The minimum atomic E-state index is -1.29. The highest BCUT2D eigenvalue weighted by molar-refractivity contribution is 7.10. The Morgan fingerprint density at radius 1 is 1.32 bits per heavy atom. The van der Waals surface area contributed by atoms with Crippen LogP contribution >= 0.6 is 11.3 Å². The van der Waals surface area contributed by atoms with Gasteiger partial charge >= 0.3 is 5.97 Å². The molecule has 1 amide bonds. The number of carbonyl (C=O) groups is 2. The third-order valence-corrected chi connectivity index (χ3v) is 3.28. The minimum absolute atomic E-state index is 0.0930. The lowest BCUT2D eigenvalue weighted by atomic mass is 10.1. The van der Waals surface area contributed by atoms with Gasteiger partial charge in [0.25, 0.3) is 0 Å². The number of benzene rings is 1. The van der Waals surface area contributed by atoms with Crippen LogP contribution in [0, 0.1) is 5.82 Å². The van der Waals surface area contributed by atoms with Gasteiger partial charge < -0.3 is 10.4 Å². The van der Waals surface area contributed by atoms with E-state index in [0.717, 1.165) is 17.0 Å². The van der Waals surface area contributed by atoms with Crippen LogP contribution in [-0.4, -0.2) is 17.0 Å². The van der Waals surface area contributed by atoms with Gasteiger partial charge in [0, 0.05) is 4.88 Å². The summed E-state index contributed by atoms with van der Waals surface area (Å²) < 4.78 is 13.0. The Hall–Kier alpha value is -2.21. The summed E-state index contributed by atoms with van der Waals surface area (Å²) in [6.07, 6.45) is 0.161. The number of amides is 1. The lowest BCUT2D eigenvalue weighted by Crippen LogP contribution is -2.16. The van der Waals surface area contributed by atoms with Crippen LogP contribution in [0.25, 0.3) is 0 Å². The van der Waals surface area contributed by atoms with Gasteiger partial charge in [-0.2, -0.15) is 0 Å². The molecule has 0 aliphatic carbocycles. The van der Waals surface area contributed by atoms with Crippen LogP contribution in [0.5, 0.6) is 0 Å². The molecule has 0 aliphatic heterocycles. The van der Waals surface area contributed by atoms with Crippen molar-refractivity contribution in [3.63, 3.8) is 0 Å². The van der Waals surface area contributed by atoms with Crippen molar-refractivity contribution >= 4 is 28.9 Å². The van der Waals surface area contributed by atoms with Crippen molar-refractivity contribution in [2.24, 2.45) is 0 Å². The van der Waals surface area contributed by atoms with Gasteiger partial charge in [0.2, 0.25) is 5.91 Å². The third-order valence-electron chi connectivity index (χ3n) is 2.40. The normalized spacial score (nSPS) is 10.2. The molecule has 2 aromatic rings. The summed E-state index contributed by atoms with van der Waals surface area (Å²) in [5.41, 5.74) is -0.171. The standard InChI is InChI=1S/C13H10FNO3S/c14-8-3-4-11(10(6-8)13(17)18)15-12(16)7-9-2-1-5-19-9/h1-6H,7H2,(H,15,16)(H,17,18). The molecule has 1 aromatic carbocycles. The fraction of sp³-hybridized carbons (Fsp3) is 0.0769. The lowest BCUT2D eigenvalue weighted by molar-refractivity contribution is -0.115. The Morgan fingerprint density at radius 3 is 2.74 bits per heavy atom. The second kappa shape index (κ2) is 5.62. The first-order valence-corrected chi connectivity index (χ1v) is 6.29. The van der Waals surface area contributed by atoms with Crippen molar-refractivity contribution in [1.82, 2.24) is 0 Å². The Kier molecular flexibility index (Phi) is 3.91. The van der Waals surface area contributed by atoms with E-state index in [1.807, 2.05) is 17.5 Å². The molecule has 4 nitrogen and oxygen atoms in total. The Bertz CT molecular complexity index is 610. The summed E-state index contributed by atoms with van der Waals surface area (Å²) in [4.78, 5) is 23.6. The first kappa shape index (κ1) is 13.2. The van der Waals surface area contributed by atoms with E-state index in [1.54, 1.807) is 0 Å². The number of anilines is 1. The van der Waals surface area contributed by atoms with Crippen molar-refractivity contribution in [2.45, 2.75) is 6.42 Å². The van der Waals surface area contributed by atoms with Crippen LogP contribution in [0.15, 0.2) is 35.7 Å². The maximum absolute atomic E-state index is 13.0. The summed E-state index contributed by atoms with van der Waals surface area (Å²) in [6, 6.07) is 6.86. The number of halogens is 1. The van der Waals surface area contributed by atoms with Gasteiger partial charge in [0.05, 0.1) is 17.7 Å². The summed E-state index contributed by atoms with van der Waals surface area (Å²) in [7, 11) is 0. The molecule has 19 heavy (non-hydrogen) atoms. The second-order valence-electron chi connectivity index (χ2n) is 3.80. The van der Waals surface area contributed by atoms with Crippen LogP contribution in [-0.2, 0) is 11.2 Å². The highest BCUT2D eigenvalue weighted by Crippen LogP contribution is 2.18. The predicted molar refractivity (Wildman–Crippen MR) is 70.0 cm³/mol. The van der Waals surface area contributed by atoms with Crippen molar-refractivity contribution in [3.8, 4) is 0 Å². The second-order valence-corrected chi connectivity index (χ2v) is 4.83. The molecule has 0 unspecified atom stereocenters. The molecule has 0 saturated carbocycles. The average Bonchev–Trinajstić information content (AvgIpc) is 2.83. The number of aromatic carboxylic acids is 1. The van der Waals surface area contributed by atoms with Crippen molar-refractivity contribution in [3.05, 3.63) is 52.0 Å². The van der Waals surface area contributed by atoms with Crippen LogP contribution in [0.4, 0.5) is 10.1 Å². The predicted octanol–water partition coefficient (Wildman–Crippen LogP) is 2.77. The van der Waals surface area contributed by atoms with Crippen LogP contribution in [0.3, 0.4) is 0 Å². The van der Waals surface area contributed by atoms with Gasteiger partial charge in [-0.15, -0.1) is 11.3 Å². The minimum Gasteiger partial charge on any atom is -0.478 e. The number of hydrogen-bond donors (Lipinski definition) is 2. The molecule has 0 aliphatic rings. The number of nitrogens with one attached hydrogen (secondary N) is 1. The summed E-state index contributed by atoms with van der Waals surface area (Å²) in [6.45, 7) is 0. The average molecular weight is 279 g/mol. The zero-order valence-electron chi connectivity index (χ0n) is 9.72. The maximum atomic E-state index is 13.0. The molecule has 1 aromatic heterocycles. The van der Waals surface area contributed by atoms with Gasteiger partial charge in [-0.3, -0.25) is 4.79 Å². The van der Waals surface area contributed by atoms with E-state index in [-0.39, 0.29) is 23.6 Å². The van der Waals surface area contributed by atoms with E-state index in [4.69, 9.17) is 5.11 Å².